The van der Waals surface area contributed by atoms with E-state index in [1.165, 1.54) is 32.8 Å². The van der Waals surface area contributed by atoms with Gasteiger partial charge in [-0.3, -0.25) is 4.79 Å². The lowest BCUT2D eigenvalue weighted by Gasteiger charge is -2.14. The van der Waals surface area contributed by atoms with Crippen molar-refractivity contribution in [2.75, 3.05) is 26.7 Å². The topological polar surface area (TPSA) is 29.5 Å². The molecule has 1 aliphatic rings. The van der Waals surface area contributed by atoms with Gasteiger partial charge in [-0.1, -0.05) is 33.1 Å². The van der Waals surface area contributed by atoms with E-state index in [9.17, 15) is 4.79 Å². The molecule has 0 radical (unpaired) electrons. The highest BCUT2D eigenvalue weighted by Crippen LogP contribution is 2.24. The third kappa shape index (κ3) is 3.78. The van der Waals surface area contributed by atoms with Gasteiger partial charge in [0.1, 0.15) is 0 Å². The average Bonchev–Trinajstić information content (AvgIpc) is 2.65. The smallest absolute Gasteiger partial charge is 0.310 e. The quantitative estimate of drug-likeness (QED) is 0.515. The summed E-state index contributed by atoms with van der Waals surface area (Å²) in [5, 5.41) is 0. The number of esters is 1. The summed E-state index contributed by atoms with van der Waals surface area (Å²) in [7, 11) is 1.49. The molecule has 94 valence electrons. The Kier molecular flexibility index (Phi) is 5.81. The van der Waals surface area contributed by atoms with Crippen molar-refractivity contribution in [2.45, 2.75) is 39.5 Å². The van der Waals surface area contributed by atoms with Crippen LogP contribution in [-0.2, 0) is 9.53 Å². The van der Waals surface area contributed by atoms with Gasteiger partial charge >= 0.3 is 5.97 Å². The van der Waals surface area contributed by atoms with E-state index < -0.39 is 0 Å². The molecule has 2 atom stereocenters. The largest absolute Gasteiger partial charge is 0.469 e. The molecule has 16 heavy (non-hydrogen) atoms. The molecule has 2 unspecified atom stereocenters. The van der Waals surface area contributed by atoms with Crippen LogP contribution in [0.5, 0.6) is 0 Å². The summed E-state index contributed by atoms with van der Waals surface area (Å²) in [6.07, 6.45) is 5.17. The number of hydrogen-bond acceptors (Lipinski definition) is 3. The molecule has 0 spiro atoms. The molecule has 1 saturated heterocycles. The van der Waals surface area contributed by atoms with Crippen molar-refractivity contribution in [3.63, 3.8) is 0 Å². The Labute approximate surface area is 99.1 Å². The SMILES string of the molecule is CCCCCCN1CC(C)C(C(=O)OC)C1. The molecule has 3 nitrogen and oxygen atoms in total. The van der Waals surface area contributed by atoms with Crippen molar-refractivity contribution in [1.29, 1.82) is 0 Å². The normalized spacial score (nSPS) is 25.9. The van der Waals surface area contributed by atoms with Crippen molar-refractivity contribution in [3.05, 3.63) is 0 Å². The van der Waals surface area contributed by atoms with Gasteiger partial charge in [0.15, 0.2) is 0 Å². The molecule has 1 fully saturated rings. The molecule has 0 bridgehead atoms. The van der Waals surface area contributed by atoms with Gasteiger partial charge in [-0.15, -0.1) is 0 Å². The minimum absolute atomic E-state index is 0.0384. The van der Waals surface area contributed by atoms with Crippen molar-refractivity contribution in [1.82, 2.24) is 4.90 Å². The van der Waals surface area contributed by atoms with Gasteiger partial charge in [0.05, 0.1) is 13.0 Å². The molecule has 0 aromatic carbocycles. The van der Waals surface area contributed by atoms with E-state index in [0.717, 1.165) is 19.6 Å². The van der Waals surface area contributed by atoms with Gasteiger partial charge in [0.2, 0.25) is 0 Å². The van der Waals surface area contributed by atoms with E-state index in [-0.39, 0.29) is 11.9 Å². The summed E-state index contributed by atoms with van der Waals surface area (Å²) in [6, 6.07) is 0. The molecule has 3 heteroatoms. The summed E-state index contributed by atoms with van der Waals surface area (Å²) in [6.45, 7) is 7.45. The number of carbonyl (C=O) groups is 1. The van der Waals surface area contributed by atoms with Gasteiger partial charge < -0.3 is 9.64 Å². The molecule has 0 saturated carbocycles. The van der Waals surface area contributed by atoms with Crippen LogP contribution in [0.4, 0.5) is 0 Å². The van der Waals surface area contributed by atoms with E-state index in [2.05, 4.69) is 18.7 Å². The maximum atomic E-state index is 11.5. The summed E-state index contributed by atoms with van der Waals surface area (Å²) >= 11 is 0. The fourth-order valence-corrected chi connectivity index (χ4v) is 2.47. The van der Waals surface area contributed by atoms with Crippen LogP contribution in [0.25, 0.3) is 0 Å². The zero-order valence-corrected chi connectivity index (χ0v) is 10.9. The summed E-state index contributed by atoms with van der Waals surface area (Å²) in [5.74, 6) is 0.498. The number of hydrogen-bond donors (Lipinski definition) is 0. The minimum Gasteiger partial charge on any atom is -0.469 e. The highest BCUT2D eigenvalue weighted by atomic mass is 16.5. The lowest BCUT2D eigenvalue weighted by atomic mass is 9.99. The van der Waals surface area contributed by atoms with Crippen LogP contribution in [-0.4, -0.2) is 37.6 Å². The second kappa shape index (κ2) is 6.89. The zero-order chi connectivity index (χ0) is 12.0. The van der Waals surface area contributed by atoms with Crippen LogP contribution < -0.4 is 0 Å². The average molecular weight is 227 g/mol. The van der Waals surface area contributed by atoms with E-state index in [1.807, 2.05) is 0 Å². The highest BCUT2D eigenvalue weighted by molar-refractivity contribution is 5.73. The first-order chi connectivity index (χ1) is 7.69. The molecule has 0 aromatic heterocycles. The van der Waals surface area contributed by atoms with Crippen LogP contribution in [0.1, 0.15) is 39.5 Å². The van der Waals surface area contributed by atoms with Crippen molar-refractivity contribution >= 4 is 5.97 Å². The van der Waals surface area contributed by atoms with Crippen molar-refractivity contribution in [3.8, 4) is 0 Å². The van der Waals surface area contributed by atoms with Crippen LogP contribution in [0.15, 0.2) is 0 Å². The monoisotopic (exact) mass is 227 g/mol. The lowest BCUT2D eigenvalue weighted by Crippen LogP contribution is -2.25. The van der Waals surface area contributed by atoms with Gasteiger partial charge in [-0.25, -0.2) is 0 Å². The molecule has 0 N–H and O–H groups in total. The van der Waals surface area contributed by atoms with Gasteiger partial charge in [0, 0.05) is 13.1 Å². The molecular weight excluding hydrogens is 202 g/mol. The maximum Gasteiger partial charge on any atom is 0.310 e. The van der Waals surface area contributed by atoms with Crippen molar-refractivity contribution < 1.29 is 9.53 Å². The van der Waals surface area contributed by atoms with E-state index in [1.54, 1.807) is 0 Å². The first-order valence-corrected chi connectivity index (χ1v) is 6.49. The highest BCUT2D eigenvalue weighted by Gasteiger charge is 2.34. The maximum absolute atomic E-state index is 11.5. The molecule has 0 amide bonds. The number of ether oxygens (including phenoxy) is 1. The van der Waals surface area contributed by atoms with Gasteiger partial charge in [0.25, 0.3) is 0 Å². The third-order valence-electron chi connectivity index (χ3n) is 3.52. The fourth-order valence-electron chi connectivity index (χ4n) is 2.47. The number of unbranched alkanes of at least 4 members (excludes halogenated alkanes) is 3. The van der Waals surface area contributed by atoms with Gasteiger partial charge in [-0.05, 0) is 18.9 Å². The van der Waals surface area contributed by atoms with Crippen molar-refractivity contribution in [2.24, 2.45) is 11.8 Å². The van der Waals surface area contributed by atoms with E-state index >= 15 is 0 Å². The predicted molar refractivity (Wildman–Crippen MR) is 65.3 cm³/mol. The Balaban J connectivity index is 2.24. The molecule has 0 aliphatic carbocycles. The number of methoxy groups -OCH3 is 1. The Morgan fingerprint density at radius 2 is 2.06 bits per heavy atom. The number of rotatable bonds is 6. The van der Waals surface area contributed by atoms with Crippen LogP contribution >= 0.6 is 0 Å². The van der Waals surface area contributed by atoms with Crippen LogP contribution in [0, 0.1) is 11.8 Å². The fraction of sp³-hybridized carbons (Fsp3) is 0.923. The third-order valence-corrected chi connectivity index (χ3v) is 3.52. The van der Waals surface area contributed by atoms with Crippen LogP contribution in [0.2, 0.25) is 0 Å². The second-order valence-corrected chi connectivity index (χ2v) is 4.93. The number of carbonyl (C=O) groups excluding carboxylic acids is 1. The minimum atomic E-state index is -0.0384. The molecule has 0 aromatic rings. The Hall–Kier alpha value is -0.570. The van der Waals surface area contributed by atoms with E-state index in [4.69, 9.17) is 4.74 Å². The summed E-state index contributed by atoms with van der Waals surface area (Å²) < 4.78 is 4.83. The molecular formula is C13H25NO2. The molecule has 1 aliphatic heterocycles. The lowest BCUT2D eigenvalue weighted by molar-refractivity contribution is -0.146. The summed E-state index contributed by atoms with van der Waals surface area (Å²) in [5.41, 5.74) is 0. The van der Waals surface area contributed by atoms with E-state index in [0.29, 0.717) is 5.92 Å². The first kappa shape index (κ1) is 13.5. The predicted octanol–water partition coefficient (Wildman–Crippen LogP) is 2.31. The zero-order valence-electron chi connectivity index (χ0n) is 10.9. The molecule has 1 rings (SSSR count). The summed E-state index contributed by atoms with van der Waals surface area (Å²) in [4.78, 5) is 13.9. The molecule has 1 heterocycles. The standard InChI is InChI=1S/C13H25NO2/c1-4-5-6-7-8-14-9-11(2)12(10-14)13(15)16-3/h11-12H,4-10H2,1-3H3. The van der Waals surface area contributed by atoms with Crippen LogP contribution in [0.3, 0.4) is 0 Å². The van der Waals surface area contributed by atoms with Gasteiger partial charge in [-0.2, -0.15) is 0 Å². The second-order valence-electron chi connectivity index (χ2n) is 4.93. The number of likely N-dealkylation sites (tertiary alicyclic amines) is 1. The first-order valence-electron chi connectivity index (χ1n) is 6.49. The Bertz CT molecular complexity index is 218. The Morgan fingerprint density at radius 1 is 1.31 bits per heavy atom. The Morgan fingerprint density at radius 3 is 2.69 bits per heavy atom. The number of nitrogens with zero attached hydrogens (tertiary/aromatic N) is 1.